The maximum Gasteiger partial charge on any atom is 0.132 e. The molecule has 1 aromatic rings. The largest absolute Gasteiger partial charge is 0.300 e. The number of ketones is 1. The number of benzene rings is 1. The Hall–Kier alpha value is -1.25. The van der Waals surface area contributed by atoms with Crippen LogP contribution in [0.25, 0.3) is 0 Å². The molecular formula is C11H14F2O. The Labute approximate surface area is 82.8 Å². The molecule has 0 atom stereocenters. The molecule has 0 aromatic heterocycles. The fourth-order valence-corrected chi connectivity index (χ4v) is 0.710. The summed E-state index contributed by atoms with van der Waals surface area (Å²) in [5, 5.41) is 0. The number of halogens is 2. The Bertz CT molecular complexity index is 261. The van der Waals surface area contributed by atoms with Crippen molar-refractivity contribution >= 4 is 5.78 Å². The van der Waals surface area contributed by atoms with Gasteiger partial charge in [0.15, 0.2) is 0 Å². The highest BCUT2D eigenvalue weighted by Crippen LogP contribution is 1.99. The van der Waals surface area contributed by atoms with Crippen molar-refractivity contribution in [1.29, 1.82) is 0 Å². The van der Waals surface area contributed by atoms with Gasteiger partial charge in [-0.05, 0) is 12.1 Å². The molecule has 0 aliphatic heterocycles. The van der Waals surface area contributed by atoms with Crippen molar-refractivity contribution in [2.75, 3.05) is 0 Å². The van der Waals surface area contributed by atoms with Crippen LogP contribution in [0.1, 0.15) is 26.7 Å². The van der Waals surface area contributed by atoms with E-state index in [4.69, 9.17) is 0 Å². The lowest BCUT2D eigenvalue weighted by Gasteiger charge is -1.84. The summed E-state index contributed by atoms with van der Waals surface area (Å²) in [7, 11) is 0. The molecule has 0 saturated heterocycles. The van der Waals surface area contributed by atoms with Gasteiger partial charge in [-0.2, -0.15) is 0 Å². The lowest BCUT2D eigenvalue weighted by atomic mass is 10.3. The van der Waals surface area contributed by atoms with E-state index in [2.05, 4.69) is 0 Å². The van der Waals surface area contributed by atoms with Gasteiger partial charge >= 0.3 is 0 Å². The molecule has 0 saturated carbocycles. The van der Waals surface area contributed by atoms with E-state index in [0.717, 1.165) is 6.07 Å². The van der Waals surface area contributed by atoms with Crippen LogP contribution in [0.2, 0.25) is 0 Å². The molecule has 0 fully saturated rings. The summed E-state index contributed by atoms with van der Waals surface area (Å²) in [6, 6.07) is 4.55. The van der Waals surface area contributed by atoms with E-state index < -0.39 is 11.6 Å². The Morgan fingerprint density at radius 3 is 1.71 bits per heavy atom. The fourth-order valence-electron chi connectivity index (χ4n) is 0.710. The third-order valence-corrected chi connectivity index (χ3v) is 1.58. The molecule has 0 aliphatic carbocycles. The highest BCUT2D eigenvalue weighted by atomic mass is 19.1. The molecule has 0 heterocycles. The molecule has 0 N–H and O–H groups in total. The molecule has 3 heteroatoms. The van der Waals surface area contributed by atoms with E-state index in [-0.39, 0.29) is 0 Å². The maximum absolute atomic E-state index is 11.9. The summed E-state index contributed by atoms with van der Waals surface area (Å²) in [6.07, 6.45) is 1.38. The monoisotopic (exact) mass is 200 g/mol. The van der Waals surface area contributed by atoms with Gasteiger partial charge in [0.05, 0.1) is 0 Å². The van der Waals surface area contributed by atoms with Crippen molar-refractivity contribution < 1.29 is 13.6 Å². The molecule has 1 rings (SSSR count). The summed E-state index contributed by atoms with van der Waals surface area (Å²) >= 11 is 0. The minimum Gasteiger partial charge on any atom is -0.300 e. The van der Waals surface area contributed by atoms with Crippen molar-refractivity contribution in [3.63, 3.8) is 0 Å². The van der Waals surface area contributed by atoms with Gasteiger partial charge in [-0.15, -0.1) is 0 Å². The molecule has 0 radical (unpaired) electrons. The predicted octanol–water partition coefficient (Wildman–Crippen LogP) is 3.34. The van der Waals surface area contributed by atoms with Gasteiger partial charge in [0.2, 0.25) is 0 Å². The number of hydrogen-bond acceptors (Lipinski definition) is 1. The summed E-state index contributed by atoms with van der Waals surface area (Å²) in [5.41, 5.74) is 0. The zero-order valence-electron chi connectivity index (χ0n) is 8.39. The van der Waals surface area contributed by atoms with Crippen molar-refractivity contribution in [3.05, 3.63) is 35.9 Å². The molecule has 1 nitrogen and oxygen atoms in total. The van der Waals surface area contributed by atoms with Crippen LogP contribution in [0.4, 0.5) is 8.78 Å². The molecule has 78 valence electrons. The van der Waals surface area contributed by atoms with Crippen LogP contribution in [-0.2, 0) is 4.79 Å². The second kappa shape index (κ2) is 7.18. The van der Waals surface area contributed by atoms with Gasteiger partial charge in [-0.25, -0.2) is 8.78 Å². The minimum absolute atomic E-state index is 0.343. The van der Waals surface area contributed by atoms with E-state index in [1.54, 1.807) is 0 Å². The second-order valence-electron chi connectivity index (χ2n) is 2.69. The summed E-state index contributed by atoms with van der Waals surface area (Å²) < 4.78 is 23.9. The molecule has 0 aliphatic rings. The fraction of sp³-hybridized carbons (Fsp3) is 0.364. The van der Waals surface area contributed by atoms with Gasteiger partial charge in [-0.1, -0.05) is 19.9 Å². The average molecular weight is 200 g/mol. The first-order chi connectivity index (χ1) is 6.60. The van der Waals surface area contributed by atoms with Crippen molar-refractivity contribution in [2.45, 2.75) is 26.7 Å². The van der Waals surface area contributed by atoms with Gasteiger partial charge in [-0.3, -0.25) is 4.79 Å². The van der Waals surface area contributed by atoms with E-state index in [9.17, 15) is 13.6 Å². The molecule has 0 amide bonds. The van der Waals surface area contributed by atoms with E-state index in [0.29, 0.717) is 18.6 Å². The molecule has 1 aromatic carbocycles. The number of hydrogen-bond donors (Lipinski definition) is 0. The number of Topliss-reactive ketones (excluding diaryl/α,β-unsaturated/α-hetero) is 1. The standard InChI is InChI=1S/C6H4F2.C5H10O/c7-5-2-1-3-6(8)4-5;1-3-5(6)4-2/h1-4H;3-4H2,1-2H3. The van der Waals surface area contributed by atoms with Crippen molar-refractivity contribution in [2.24, 2.45) is 0 Å². The first-order valence-corrected chi connectivity index (χ1v) is 4.52. The first kappa shape index (κ1) is 12.8. The summed E-state index contributed by atoms with van der Waals surface area (Å²) in [5.74, 6) is -0.731. The Morgan fingerprint density at radius 2 is 1.57 bits per heavy atom. The van der Waals surface area contributed by atoms with Crippen LogP contribution >= 0.6 is 0 Å². The second-order valence-corrected chi connectivity index (χ2v) is 2.69. The van der Waals surface area contributed by atoms with Crippen LogP contribution < -0.4 is 0 Å². The third-order valence-electron chi connectivity index (χ3n) is 1.58. The van der Waals surface area contributed by atoms with Crippen molar-refractivity contribution in [3.8, 4) is 0 Å². The highest BCUT2D eigenvalue weighted by molar-refractivity contribution is 5.77. The lowest BCUT2D eigenvalue weighted by molar-refractivity contribution is -0.118. The average Bonchev–Trinajstić information content (AvgIpc) is 2.17. The SMILES string of the molecule is CCC(=O)CC.Fc1cccc(F)c1. The maximum atomic E-state index is 11.9. The molecule has 0 spiro atoms. The molecule has 0 bridgehead atoms. The highest BCUT2D eigenvalue weighted by Gasteiger charge is 1.88. The van der Waals surface area contributed by atoms with Crippen molar-refractivity contribution in [1.82, 2.24) is 0 Å². The quantitative estimate of drug-likeness (QED) is 0.715. The Kier molecular flexibility index (Phi) is 6.54. The third kappa shape index (κ3) is 6.29. The summed E-state index contributed by atoms with van der Waals surface area (Å²) in [6.45, 7) is 3.76. The molecule has 0 unspecified atom stereocenters. The van der Waals surface area contributed by atoms with Gasteiger partial charge < -0.3 is 0 Å². The van der Waals surface area contributed by atoms with Gasteiger partial charge in [0, 0.05) is 18.9 Å². The van der Waals surface area contributed by atoms with Crippen LogP contribution in [0, 0.1) is 11.6 Å². The van der Waals surface area contributed by atoms with E-state index >= 15 is 0 Å². The normalized spacial score (nSPS) is 8.86. The Balaban J connectivity index is 0.000000255. The number of rotatable bonds is 2. The number of carbonyl (C=O) groups is 1. The lowest BCUT2D eigenvalue weighted by Crippen LogP contribution is -1.88. The Morgan fingerprint density at radius 1 is 1.14 bits per heavy atom. The topological polar surface area (TPSA) is 17.1 Å². The smallest absolute Gasteiger partial charge is 0.132 e. The number of carbonyl (C=O) groups excluding carboxylic acids is 1. The van der Waals surface area contributed by atoms with Crippen LogP contribution in [0.3, 0.4) is 0 Å². The van der Waals surface area contributed by atoms with Crippen LogP contribution in [0.15, 0.2) is 24.3 Å². The molecular weight excluding hydrogens is 186 g/mol. The minimum atomic E-state index is -0.537. The van der Waals surface area contributed by atoms with Crippen LogP contribution in [0.5, 0.6) is 0 Å². The zero-order chi connectivity index (χ0) is 11.0. The predicted molar refractivity (Wildman–Crippen MR) is 51.9 cm³/mol. The zero-order valence-corrected chi connectivity index (χ0v) is 8.39. The van der Waals surface area contributed by atoms with E-state index in [1.165, 1.54) is 18.2 Å². The van der Waals surface area contributed by atoms with Crippen LogP contribution in [-0.4, -0.2) is 5.78 Å². The first-order valence-electron chi connectivity index (χ1n) is 4.52. The van der Waals surface area contributed by atoms with Gasteiger partial charge in [0.1, 0.15) is 17.4 Å². The molecule has 14 heavy (non-hydrogen) atoms. The summed E-state index contributed by atoms with van der Waals surface area (Å²) in [4.78, 5) is 10.2. The van der Waals surface area contributed by atoms with E-state index in [1.807, 2.05) is 13.8 Å². The van der Waals surface area contributed by atoms with Gasteiger partial charge in [0.25, 0.3) is 0 Å².